The van der Waals surface area contributed by atoms with Crippen molar-refractivity contribution in [3.8, 4) is 0 Å². The number of rotatable bonds is 4. The average molecular weight is 238 g/mol. The molecule has 86 valence electrons. The molecule has 0 spiro atoms. The smallest absolute Gasteiger partial charge is 0.204 e. The molecular weight excluding hydrogens is 222 g/mol. The molecular formula is C12H16ClN3. The lowest BCUT2D eigenvalue weighted by atomic mass is 10.3. The van der Waals surface area contributed by atoms with Crippen LogP contribution in [0.5, 0.6) is 0 Å². The van der Waals surface area contributed by atoms with E-state index in [0.717, 1.165) is 23.5 Å². The fourth-order valence-electron chi connectivity index (χ4n) is 1.78. The van der Waals surface area contributed by atoms with E-state index in [1.807, 2.05) is 24.3 Å². The minimum atomic E-state index is 0.388. The molecule has 0 saturated carbocycles. The molecule has 0 bridgehead atoms. The van der Waals surface area contributed by atoms with E-state index in [0.29, 0.717) is 11.9 Å². The molecule has 0 aliphatic carbocycles. The summed E-state index contributed by atoms with van der Waals surface area (Å²) in [6.07, 6.45) is 0. The summed E-state index contributed by atoms with van der Waals surface area (Å²) in [6.45, 7) is 5.08. The Morgan fingerprint density at radius 2 is 2.12 bits per heavy atom. The Balaban J connectivity index is 2.37. The maximum atomic E-state index is 5.81. The van der Waals surface area contributed by atoms with Gasteiger partial charge in [-0.2, -0.15) is 0 Å². The molecule has 0 saturated heterocycles. The van der Waals surface area contributed by atoms with Crippen LogP contribution >= 0.6 is 11.6 Å². The van der Waals surface area contributed by atoms with E-state index in [1.54, 1.807) is 0 Å². The number of fused-ring (bicyclic) bond motifs is 1. The highest BCUT2D eigenvalue weighted by molar-refractivity contribution is 6.18. The van der Waals surface area contributed by atoms with Crippen LogP contribution in [-0.2, 0) is 0 Å². The first-order valence-corrected chi connectivity index (χ1v) is 6.03. The van der Waals surface area contributed by atoms with E-state index in [4.69, 9.17) is 11.6 Å². The van der Waals surface area contributed by atoms with Gasteiger partial charge in [0.25, 0.3) is 0 Å². The molecule has 1 aromatic carbocycles. The van der Waals surface area contributed by atoms with Crippen LogP contribution in [0.2, 0.25) is 0 Å². The number of H-pyrrole nitrogens is 1. The molecule has 0 amide bonds. The standard InChI is InChI=1S/C12H16ClN3/c1-9(2)16(8-7-13)12-14-10-5-3-4-6-11(10)15-12/h3-6,9H,7-8H2,1-2H3,(H,14,15). The number of hydrogen-bond donors (Lipinski definition) is 1. The van der Waals surface area contributed by atoms with Crippen molar-refractivity contribution in [1.29, 1.82) is 0 Å². The van der Waals surface area contributed by atoms with Gasteiger partial charge < -0.3 is 9.88 Å². The Bertz CT molecular complexity index is 431. The van der Waals surface area contributed by atoms with E-state index < -0.39 is 0 Å². The van der Waals surface area contributed by atoms with Crippen molar-refractivity contribution in [3.63, 3.8) is 0 Å². The zero-order chi connectivity index (χ0) is 11.5. The summed E-state index contributed by atoms with van der Waals surface area (Å²) in [5.41, 5.74) is 2.07. The van der Waals surface area contributed by atoms with E-state index in [9.17, 15) is 0 Å². The Labute approximate surface area is 100 Å². The van der Waals surface area contributed by atoms with Crippen molar-refractivity contribution in [2.24, 2.45) is 0 Å². The molecule has 0 atom stereocenters. The second kappa shape index (κ2) is 4.74. The lowest BCUT2D eigenvalue weighted by Gasteiger charge is -2.24. The number of anilines is 1. The van der Waals surface area contributed by atoms with Crippen LogP contribution in [0, 0.1) is 0 Å². The molecule has 16 heavy (non-hydrogen) atoms. The largest absolute Gasteiger partial charge is 0.339 e. The number of imidazole rings is 1. The quantitative estimate of drug-likeness (QED) is 0.829. The zero-order valence-electron chi connectivity index (χ0n) is 9.57. The molecule has 1 aromatic heterocycles. The molecule has 0 radical (unpaired) electrons. The van der Waals surface area contributed by atoms with Crippen molar-refractivity contribution in [1.82, 2.24) is 9.97 Å². The van der Waals surface area contributed by atoms with Crippen LogP contribution in [0.3, 0.4) is 0 Å². The summed E-state index contributed by atoms with van der Waals surface area (Å²) in [6, 6.07) is 8.43. The molecule has 0 unspecified atom stereocenters. The lowest BCUT2D eigenvalue weighted by molar-refractivity contribution is 0.689. The summed E-state index contributed by atoms with van der Waals surface area (Å²) in [5, 5.41) is 0. The molecule has 2 rings (SSSR count). The molecule has 0 fully saturated rings. The third kappa shape index (κ3) is 2.14. The van der Waals surface area contributed by atoms with Crippen molar-refractivity contribution in [3.05, 3.63) is 24.3 Å². The summed E-state index contributed by atoms with van der Waals surface area (Å²) in [7, 11) is 0. The van der Waals surface area contributed by atoms with E-state index >= 15 is 0 Å². The molecule has 3 nitrogen and oxygen atoms in total. The fourth-order valence-corrected chi connectivity index (χ4v) is 1.96. The zero-order valence-corrected chi connectivity index (χ0v) is 10.3. The number of halogens is 1. The highest BCUT2D eigenvalue weighted by Gasteiger charge is 2.13. The number of para-hydroxylation sites is 2. The summed E-state index contributed by atoms with van der Waals surface area (Å²) >= 11 is 5.81. The maximum Gasteiger partial charge on any atom is 0.204 e. The summed E-state index contributed by atoms with van der Waals surface area (Å²) < 4.78 is 0. The van der Waals surface area contributed by atoms with Gasteiger partial charge in [0.05, 0.1) is 11.0 Å². The molecule has 2 aromatic rings. The molecule has 4 heteroatoms. The van der Waals surface area contributed by atoms with Crippen molar-refractivity contribution >= 4 is 28.6 Å². The van der Waals surface area contributed by atoms with Gasteiger partial charge in [-0.25, -0.2) is 4.98 Å². The number of aromatic nitrogens is 2. The van der Waals surface area contributed by atoms with E-state index in [2.05, 4.69) is 28.7 Å². The van der Waals surface area contributed by atoms with Gasteiger partial charge in [0.2, 0.25) is 5.95 Å². The van der Waals surface area contributed by atoms with Gasteiger partial charge in [-0.3, -0.25) is 0 Å². The van der Waals surface area contributed by atoms with Crippen LogP contribution in [0.25, 0.3) is 11.0 Å². The van der Waals surface area contributed by atoms with Gasteiger partial charge in [-0.05, 0) is 26.0 Å². The first-order valence-electron chi connectivity index (χ1n) is 5.49. The number of aromatic amines is 1. The third-order valence-corrected chi connectivity index (χ3v) is 2.77. The van der Waals surface area contributed by atoms with Gasteiger partial charge in [-0.1, -0.05) is 12.1 Å². The van der Waals surface area contributed by atoms with Crippen LogP contribution in [0.15, 0.2) is 24.3 Å². The number of benzene rings is 1. The minimum Gasteiger partial charge on any atom is -0.339 e. The topological polar surface area (TPSA) is 31.9 Å². The summed E-state index contributed by atoms with van der Waals surface area (Å²) in [4.78, 5) is 10.1. The number of nitrogens with zero attached hydrogens (tertiary/aromatic N) is 2. The first kappa shape index (κ1) is 11.3. The number of hydrogen-bond acceptors (Lipinski definition) is 2. The highest BCUT2D eigenvalue weighted by atomic mass is 35.5. The summed E-state index contributed by atoms with van der Waals surface area (Å²) in [5.74, 6) is 1.51. The van der Waals surface area contributed by atoms with Crippen molar-refractivity contribution in [2.45, 2.75) is 19.9 Å². The third-order valence-electron chi connectivity index (χ3n) is 2.60. The van der Waals surface area contributed by atoms with Crippen molar-refractivity contribution < 1.29 is 0 Å². The van der Waals surface area contributed by atoms with Gasteiger partial charge >= 0.3 is 0 Å². The first-order chi connectivity index (χ1) is 7.72. The van der Waals surface area contributed by atoms with Crippen LogP contribution in [0.1, 0.15) is 13.8 Å². The van der Waals surface area contributed by atoms with Crippen molar-refractivity contribution in [2.75, 3.05) is 17.3 Å². The van der Waals surface area contributed by atoms with Crippen LogP contribution in [0.4, 0.5) is 5.95 Å². The van der Waals surface area contributed by atoms with Crippen LogP contribution in [-0.4, -0.2) is 28.4 Å². The van der Waals surface area contributed by atoms with Gasteiger partial charge in [0, 0.05) is 18.5 Å². The predicted molar refractivity (Wildman–Crippen MR) is 69.3 cm³/mol. The lowest BCUT2D eigenvalue weighted by Crippen LogP contribution is -2.33. The monoisotopic (exact) mass is 237 g/mol. The maximum absolute atomic E-state index is 5.81. The Morgan fingerprint density at radius 3 is 2.75 bits per heavy atom. The second-order valence-corrected chi connectivity index (χ2v) is 4.43. The molecule has 0 aliphatic rings. The molecule has 1 N–H and O–H groups in total. The Kier molecular flexibility index (Phi) is 3.34. The molecule has 1 heterocycles. The Hall–Kier alpha value is -1.22. The highest BCUT2D eigenvalue weighted by Crippen LogP contribution is 2.18. The van der Waals surface area contributed by atoms with Crippen LogP contribution < -0.4 is 4.90 Å². The molecule has 0 aliphatic heterocycles. The number of alkyl halides is 1. The fraction of sp³-hybridized carbons (Fsp3) is 0.417. The van der Waals surface area contributed by atoms with E-state index in [1.165, 1.54) is 0 Å². The van der Waals surface area contributed by atoms with E-state index in [-0.39, 0.29) is 0 Å². The van der Waals surface area contributed by atoms with Gasteiger partial charge in [-0.15, -0.1) is 11.6 Å². The SMILES string of the molecule is CC(C)N(CCCl)c1nc2ccccc2[nH]1. The van der Waals surface area contributed by atoms with Gasteiger partial charge in [0.1, 0.15) is 0 Å². The normalized spacial score (nSPS) is 11.2. The number of nitrogens with one attached hydrogen (secondary N) is 1. The average Bonchev–Trinajstić information content (AvgIpc) is 2.68. The minimum absolute atomic E-state index is 0.388. The second-order valence-electron chi connectivity index (χ2n) is 4.05. The Morgan fingerprint density at radius 1 is 1.38 bits per heavy atom. The van der Waals surface area contributed by atoms with Gasteiger partial charge in [0.15, 0.2) is 0 Å². The predicted octanol–water partition coefficient (Wildman–Crippen LogP) is 3.02.